The number of morpholine rings is 1. The van der Waals surface area contributed by atoms with E-state index < -0.39 is 0 Å². The quantitative estimate of drug-likeness (QED) is 0.820. The molecule has 0 bridgehead atoms. The molecule has 0 radical (unpaired) electrons. The van der Waals surface area contributed by atoms with Crippen LogP contribution in [-0.2, 0) is 11.8 Å². The molecule has 2 aromatic rings. The number of hydrogen-bond donors (Lipinski definition) is 2. The standard InChI is InChI=1S/C20H27N5O3/c1-14-4-5-16(10-15(14)2)23-20(27)21-7-6-18-13-25(8-9-28-18)17-11-19(26)24(3)22-12-17/h4-5,10-12,18H,6-9,13H2,1-3H3,(H2,21,23,27)/t18-/m1/s1. The number of nitrogens with one attached hydrogen (secondary N) is 2. The molecule has 0 aliphatic carbocycles. The van der Waals surface area contributed by atoms with Crippen molar-refractivity contribution >= 4 is 17.4 Å². The van der Waals surface area contributed by atoms with E-state index in [1.54, 1.807) is 19.3 Å². The van der Waals surface area contributed by atoms with E-state index in [4.69, 9.17) is 4.74 Å². The summed E-state index contributed by atoms with van der Waals surface area (Å²) in [6.07, 6.45) is 2.37. The largest absolute Gasteiger partial charge is 0.374 e. The van der Waals surface area contributed by atoms with Crippen LogP contribution < -0.4 is 21.1 Å². The van der Waals surface area contributed by atoms with Crippen molar-refractivity contribution in [2.24, 2.45) is 7.05 Å². The summed E-state index contributed by atoms with van der Waals surface area (Å²) in [4.78, 5) is 26.0. The molecule has 1 atom stereocenters. The van der Waals surface area contributed by atoms with Gasteiger partial charge < -0.3 is 20.3 Å². The van der Waals surface area contributed by atoms with Gasteiger partial charge in [0.1, 0.15) is 0 Å². The molecular weight excluding hydrogens is 358 g/mol. The third-order valence-corrected chi connectivity index (χ3v) is 4.97. The first-order valence-corrected chi connectivity index (χ1v) is 9.44. The lowest BCUT2D eigenvalue weighted by Gasteiger charge is -2.34. The number of hydrogen-bond acceptors (Lipinski definition) is 5. The molecule has 28 heavy (non-hydrogen) atoms. The lowest BCUT2D eigenvalue weighted by molar-refractivity contribution is 0.0359. The Labute approximate surface area is 164 Å². The molecule has 1 aromatic carbocycles. The predicted molar refractivity (Wildman–Crippen MR) is 109 cm³/mol. The molecular formula is C20H27N5O3. The molecule has 2 amide bonds. The van der Waals surface area contributed by atoms with Crippen molar-refractivity contribution in [3.05, 3.63) is 51.9 Å². The van der Waals surface area contributed by atoms with Crippen LogP contribution in [0.15, 0.2) is 35.3 Å². The van der Waals surface area contributed by atoms with Gasteiger partial charge in [0.2, 0.25) is 0 Å². The minimum absolute atomic E-state index is 0.0141. The Morgan fingerprint density at radius 1 is 1.29 bits per heavy atom. The van der Waals surface area contributed by atoms with Crippen LogP contribution in [0.1, 0.15) is 17.5 Å². The lowest BCUT2D eigenvalue weighted by atomic mass is 10.1. The molecule has 8 nitrogen and oxygen atoms in total. The van der Waals surface area contributed by atoms with Gasteiger partial charge in [0.15, 0.2) is 0 Å². The smallest absolute Gasteiger partial charge is 0.319 e. The first kappa shape index (κ1) is 19.9. The maximum absolute atomic E-state index is 12.1. The summed E-state index contributed by atoms with van der Waals surface area (Å²) >= 11 is 0. The van der Waals surface area contributed by atoms with Crippen LogP contribution in [0.2, 0.25) is 0 Å². The third-order valence-electron chi connectivity index (χ3n) is 4.97. The fourth-order valence-electron chi connectivity index (χ4n) is 3.10. The van der Waals surface area contributed by atoms with E-state index in [0.29, 0.717) is 32.7 Å². The minimum Gasteiger partial charge on any atom is -0.374 e. The van der Waals surface area contributed by atoms with Crippen molar-refractivity contribution in [2.45, 2.75) is 26.4 Å². The summed E-state index contributed by atoms with van der Waals surface area (Å²) in [5, 5.41) is 9.79. The molecule has 1 fully saturated rings. The zero-order valence-corrected chi connectivity index (χ0v) is 16.6. The highest BCUT2D eigenvalue weighted by atomic mass is 16.5. The van der Waals surface area contributed by atoms with Crippen molar-refractivity contribution in [1.29, 1.82) is 0 Å². The molecule has 150 valence electrons. The Bertz CT molecular complexity index is 896. The summed E-state index contributed by atoms with van der Waals surface area (Å²) < 4.78 is 7.10. The molecule has 0 spiro atoms. The van der Waals surface area contributed by atoms with Crippen LogP contribution in [0.3, 0.4) is 0 Å². The van der Waals surface area contributed by atoms with Gasteiger partial charge in [-0.15, -0.1) is 0 Å². The first-order chi connectivity index (χ1) is 13.4. The number of carbonyl (C=O) groups is 1. The van der Waals surface area contributed by atoms with Gasteiger partial charge in [-0.1, -0.05) is 6.07 Å². The summed E-state index contributed by atoms with van der Waals surface area (Å²) in [7, 11) is 1.63. The summed E-state index contributed by atoms with van der Waals surface area (Å²) in [6.45, 7) is 6.51. The number of amides is 2. The van der Waals surface area contributed by atoms with Crippen LogP contribution in [0, 0.1) is 13.8 Å². The van der Waals surface area contributed by atoms with Gasteiger partial charge in [0, 0.05) is 38.4 Å². The van der Waals surface area contributed by atoms with Crippen molar-refractivity contribution in [2.75, 3.05) is 36.5 Å². The van der Waals surface area contributed by atoms with Crippen LogP contribution in [0.25, 0.3) is 0 Å². The van der Waals surface area contributed by atoms with E-state index in [-0.39, 0.29) is 17.7 Å². The fraction of sp³-hybridized carbons (Fsp3) is 0.450. The van der Waals surface area contributed by atoms with Crippen LogP contribution >= 0.6 is 0 Å². The maximum Gasteiger partial charge on any atom is 0.319 e. The monoisotopic (exact) mass is 385 g/mol. The summed E-state index contributed by atoms with van der Waals surface area (Å²) in [5.74, 6) is 0. The zero-order chi connectivity index (χ0) is 20.1. The molecule has 3 rings (SSSR count). The second-order valence-electron chi connectivity index (χ2n) is 7.08. The number of benzene rings is 1. The van der Waals surface area contributed by atoms with Gasteiger partial charge in [-0.3, -0.25) is 4.79 Å². The van der Waals surface area contributed by atoms with Crippen molar-refractivity contribution in [1.82, 2.24) is 15.1 Å². The molecule has 1 aliphatic heterocycles. The van der Waals surface area contributed by atoms with E-state index in [1.165, 1.54) is 10.2 Å². The maximum atomic E-state index is 12.1. The van der Waals surface area contributed by atoms with E-state index >= 15 is 0 Å². The molecule has 1 saturated heterocycles. The zero-order valence-electron chi connectivity index (χ0n) is 16.6. The van der Waals surface area contributed by atoms with Gasteiger partial charge in [-0.05, 0) is 43.5 Å². The molecule has 8 heteroatoms. The summed E-state index contributed by atoms with van der Waals surface area (Å²) in [6, 6.07) is 7.19. The van der Waals surface area contributed by atoms with Gasteiger partial charge in [-0.25, -0.2) is 9.48 Å². The normalized spacial score (nSPS) is 16.7. The molecule has 1 aliphatic rings. The molecule has 1 aromatic heterocycles. The topological polar surface area (TPSA) is 88.5 Å². The van der Waals surface area contributed by atoms with Crippen LogP contribution in [0.5, 0.6) is 0 Å². The highest BCUT2D eigenvalue weighted by Crippen LogP contribution is 2.16. The second-order valence-corrected chi connectivity index (χ2v) is 7.08. The number of aromatic nitrogens is 2. The first-order valence-electron chi connectivity index (χ1n) is 9.44. The van der Waals surface area contributed by atoms with E-state index in [2.05, 4.69) is 20.6 Å². The summed E-state index contributed by atoms with van der Waals surface area (Å²) in [5.41, 5.74) is 3.77. The second kappa shape index (κ2) is 8.88. The highest BCUT2D eigenvalue weighted by Gasteiger charge is 2.21. The Balaban J connectivity index is 1.46. The van der Waals surface area contributed by atoms with Crippen LogP contribution in [-0.4, -0.2) is 48.2 Å². The van der Waals surface area contributed by atoms with Gasteiger partial charge in [0.05, 0.1) is 24.6 Å². The lowest BCUT2D eigenvalue weighted by Crippen LogP contribution is -2.44. The third kappa shape index (κ3) is 5.10. The minimum atomic E-state index is -0.230. The van der Waals surface area contributed by atoms with Crippen LogP contribution in [0.4, 0.5) is 16.2 Å². The van der Waals surface area contributed by atoms with Gasteiger partial charge >= 0.3 is 6.03 Å². The van der Waals surface area contributed by atoms with Crippen molar-refractivity contribution in [3.8, 4) is 0 Å². The van der Waals surface area contributed by atoms with Gasteiger partial charge in [-0.2, -0.15) is 5.10 Å². The number of ether oxygens (including phenoxy) is 1. The Kier molecular flexibility index (Phi) is 6.30. The number of anilines is 2. The van der Waals surface area contributed by atoms with E-state index in [1.807, 2.05) is 32.0 Å². The van der Waals surface area contributed by atoms with Gasteiger partial charge in [0.25, 0.3) is 5.56 Å². The number of rotatable bonds is 5. The fourth-order valence-corrected chi connectivity index (χ4v) is 3.10. The number of urea groups is 1. The highest BCUT2D eigenvalue weighted by molar-refractivity contribution is 5.89. The molecule has 0 unspecified atom stereocenters. The predicted octanol–water partition coefficient (Wildman–Crippen LogP) is 1.81. The number of carbonyl (C=O) groups excluding carboxylic acids is 1. The SMILES string of the molecule is Cc1ccc(NC(=O)NCC[C@@H]2CN(c3cnn(C)c(=O)c3)CCO2)cc1C. The Morgan fingerprint density at radius 3 is 2.86 bits per heavy atom. The van der Waals surface area contributed by atoms with E-state index in [0.717, 1.165) is 16.9 Å². The average molecular weight is 385 g/mol. The van der Waals surface area contributed by atoms with Crippen molar-refractivity contribution in [3.63, 3.8) is 0 Å². The van der Waals surface area contributed by atoms with E-state index in [9.17, 15) is 9.59 Å². The van der Waals surface area contributed by atoms with Crippen molar-refractivity contribution < 1.29 is 9.53 Å². The molecule has 2 heterocycles. The number of aryl methyl sites for hydroxylation is 3. The molecule has 0 saturated carbocycles. The average Bonchev–Trinajstić information content (AvgIpc) is 2.67. The Hall–Kier alpha value is -2.87. The Morgan fingerprint density at radius 2 is 2.11 bits per heavy atom. The number of nitrogens with zero attached hydrogens (tertiary/aromatic N) is 3. The molecule has 2 N–H and O–H groups in total.